The Labute approximate surface area is 221 Å². The Hall–Kier alpha value is -2.77. The molecular weight excluding hydrogens is 518 g/mol. The van der Waals surface area contributed by atoms with Gasteiger partial charge in [-0.3, -0.25) is 4.79 Å². The number of carbonyl (C=O) groups excluding carboxylic acids is 1. The van der Waals surface area contributed by atoms with Gasteiger partial charge in [-0.25, -0.2) is 17.2 Å². The van der Waals surface area contributed by atoms with E-state index in [1.807, 2.05) is 0 Å². The van der Waals surface area contributed by atoms with Crippen molar-refractivity contribution in [3.05, 3.63) is 94.0 Å². The largest absolute Gasteiger partial charge is 0.480 e. The molecule has 3 aromatic carbocycles. The average Bonchev–Trinajstić information content (AvgIpc) is 2.88. The normalized spacial score (nSPS) is 15.4. The fraction of sp³-hybridized carbons (Fsp3) is 0.345. The van der Waals surface area contributed by atoms with E-state index in [4.69, 9.17) is 16.3 Å². The van der Waals surface area contributed by atoms with Crippen molar-refractivity contribution >= 4 is 27.2 Å². The zero-order chi connectivity index (χ0) is 26.6. The SMILES string of the molecule is CCS(=O)(=O)c1ccc(CC(=O)Cc2ccc(OC3(c4ccc(Cl)c(F)c4)CCCCC3)c(F)c2)cc1. The Morgan fingerprint density at radius 2 is 1.54 bits per heavy atom. The van der Waals surface area contributed by atoms with Crippen LogP contribution in [0.2, 0.25) is 5.02 Å². The van der Waals surface area contributed by atoms with Crippen LogP contribution >= 0.6 is 11.6 Å². The third-order valence-corrected chi connectivity index (χ3v) is 8.93. The van der Waals surface area contributed by atoms with Crippen LogP contribution in [-0.4, -0.2) is 20.0 Å². The summed E-state index contributed by atoms with van der Waals surface area (Å²) in [7, 11) is -3.30. The lowest BCUT2D eigenvalue weighted by Gasteiger charge is -2.38. The summed E-state index contributed by atoms with van der Waals surface area (Å²) in [5.74, 6) is -1.18. The number of halogens is 3. The van der Waals surface area contributed by atoms with Crippen molar-refractivity contribution in [2.24, 2.45) is 0 Å². The molecule has 4 rings (SSSR count). The number of rotatable bonds is 9. The van der Waals surface area contributed by atoms with Crippen LogP contribution in [-0.2, 0) is 33.1 Å². The minimum Gasteiger partial charge on any atom is -0.480 e. The molecule has 0 atom stereocenters. The van der Waals surface area contributed by atoms with Gasteiger partial charge in [-0.05, 0) is 78.8 Å². The summed E-state index contributed by atoms with van der Waals surface area (Å²) in [4.78, 5) is 12.8. The van der Waals surface area contributed by atoms with Gasteiger partial charge < -0.3 is 4.74 Å². The zero-order valence-electron chi connectivity index (χ0n) is 20.6. The molecule has 4 nitrogen and oxygen atoms in total. The predicted molar refractivity (Wildman–Crippen MR) is 140 cm³/mol. The van der Waals surface area contributed by atoms with Gasteiger partial charge in [0.15, 0.2) is 21.4 Å². The summed E-state index contributed by atoms with van der Waals surface area (Å²) in [6, 6.07) is 15.3. The molecule has 0 bridgehead atoms. The van der Waals surface area contributed by atoms with E-state index in [2.05, 4.69) is 0 Å². The molecule has 3 aromatic rings. The second kappa shape index (κ2) is 11.3. The molecular formula is C29H29ClF2O4S. The first-order chi connectivity index (χ1) is 17.6. The smallest absolute Gasteiger partial charge is 0.178 e. The van der Waals surface area contributed by atoms with Crippen molar-refractivity contribution in [1.29, 1.82) is 0 Å². The maximum Gasteiger partial charge on any atom is 0.178 e. The topological polar surface area (TPSA) is 60.4 Å². The second-order valence-corrected chi connectivity index (χ2v) is 12.2. The van der Waals surface area contributed by atoms with Gasteiger partial charge in [-0.1, -0.05) is 49.2 Å². The molecule has 0 N–H and O–H groups in total. The molecule has 0 unspecified atom stereocenters. The molecule has 1 aliphatic carbocycles. The first-order valence-corrected chi connectivity index (χ1v) is 14.4. The van der Waals surface area contributed by atoms with Crippen molar-refractivity contribution < 1.29 is 26.7 Å². The number of Topliss-reactive ketones (excluding diaryl/α,β-unsaturated/α-hetero) is 1. The van der Waals surface area contributed by atoms with Crippen LogP contribution in [0.5, 0.6) is 5.75 Å². The first-order valence-electron chi connectivity index (χ1n) is 12.4. The number of sulfone groups is 1. The van der Waals surface area contributed by atoms with Gasteiger partial charge in [0.1, 0.15) is 17.2 Å². The molecule has 8 heteroatoms. The van der Waals surface area contributed by atoms with Crippen LogP contribution in [0.4, 0.5) is 8.78 Å². The van der Waals surface area contributed by atoms with Gasteiger partial charge in [0.05, 0.1) is 15.7 Å². The van der Waals surface area contributed by atoms with Crippen LogP contribution in [0.25, 0.3) is 0 Å². The number of hydrogen-bond acceptors (Lipinski definition) is 4. The molecule has 1 saturated carbocycles. The van der Waals surface area contributed by atoms with E-state index < -0.39 is 27.1 Å². The molecule has 0 spiro atoms. The quantitative estimate of drug-likeness (QED) is 0.290. The lowest BCUT2D eigenvalue weighted by molar-refractivity contribution is -0.117. The van der Waals surface area contributed by atoms with E-state index in [9.17, 15) is 17.6 Å². The van der Waals surface area contributed by atoms with Crippen LogP contribution in [0.3, 0.4) is 0 Å². The molecule has 0 aliphatic heterocycles. The summed E-state index contributed by atoms with van der Waals surface area (Å²) < 4.78 is 59.5. The molecule has 37 heavy (non-hydrogen) atoms. The van der Waals surface area contributed by atoms with E-state index in [-0.39, 0.29) is 40.0 Å². The lowest BCUT2D eigenvalue weighted by atomic mass is 9.79. The number of benzene rings is 3. The monoisotopic (exact) mass is 546 g/mol. The summed E-state index contributed by atoms with van der Waals surface area (Å²) >= 11 is 5.86. The summed E-state index contributed by atoms with van der Waals surface area (Å²) in [5.41, 5.74) is 0.981. The Balaban J connectivity index is 1.46. The lowest BCUT2D eigenvalue weighted by Crippen LogP contribution is -2.36. The van der Waals surface area contributed by atoms with Gasteiger partial charge in [-0.15, -0.1) is 0 Å². The maximum atomic E-state index is 15.1. The van der Waals surface area contributed by atoms with E-state index in [0.717, 1.165) is 19.3 Å². The number of ether oxygens (including phenoxy) is 1. The van der Waals surface area contributed by atoms with Crippen molar-refractivity contribution in [1.82, 2.24) is 0 Å². The molecule has 0 heterocycles. The first kappa shape index (κ1) is 27.3. The van der Waals surface area contributed by atoms with Crippen LogP contribution < -0.4 is 4.74 Å². The Bertz CT molecular complexity index is 1380. The molecule has 196 valence electrons. The molecule has 1 aliphatic rings. The highest BCUT2D eigenvalue weighted by atomic mass is 35.5. The Kier molecular flexibility index (Phi) is 8.34. The van der Waals surface area contributed by atoms with Crippen molar-refractivity contribution in [2.75, 3.05) is 5.75 Å². The third kappa shape index (κ3) is 6.39. The van der Waals surface area contributed by atoms with Crippen molar-refractivity contribution in [3.8, 4) is 5.75 Å². The molecule has 1 fully saturated rings. The van der Waals surface area contributed by atoms with E-state index >= 15 is 4.39 Å². The second-order valence-electron chi connectivity index (χ2n) is 9.49. The van der Waals surface area contributed by atoms with Gasteiger partial charge >= 0.3 is 0 Å². The average molecular weight is 547 g/mol. The molecule has 0 amide bonds. The summed E-state index contributed by atoms with van der Waals surface area (Å²) in [6.45, 7) is 1.58. The highest BCUT2D eigenvalue weighted by Crippen LogP contribution is 2.42. The van der Waals surface area contributed by atoms with Gasteiger partial charge in [0.25, 0.3) is 0 Å². The van der Waals surface area contributed by atoms with E-state index in [1.165, 1.54) is 36.4 Å². The number of ketones is 1. The standard InChI is InChI=1S/C29H29ClF2O4S/c1-2-37(34,35)24-10-6-20(7-11-24)16-23(33)17-21-8-13-28(27(32)18-21)36-29(14-4-3-5-15-29)22-9-12-25(30)26(31)19-22/h6-13,18-19H,2-5,14-17H2,1H3. The Morgan fingerprint density at radius 1 is 0.892 bits per heavy atom. The molecule has 0 saturated heterocycles. The van der Waals surface area contributed by atoms with Crippen molar-refractivity contribution in [3.63, 3.8) is 0 Å². The van der Waals surface area contributed by atoms with Crippen LogP contribution in [0.1, 0.15) is 55.7 Å². The summed E-state index contributed by atoms with van der Waals surface area (Å²) in [6.07, 6.45) is 4.19. The predicted octanol–water partition coefficient (Wildman–Crippen LogP) is 7.00. The third-order valence-electron chi connectivity index (χ3n) is 6.87. The maximum absolute atomic E-state index is 15.1. The molecule has 0 aromatic heterocycles. The van der Waals surface area contributed by atoms with Crippen LogP contribution in [0.15, 0.2) is 65.6 Å². The number of carbonyl (C=O) groups is 1. The van der Waals surface area contributed by atoms with Crippen LogP contribution in [0, 0.1) is 11.6 Å². The fourth-order valence-corrected chi connectivity index (χ4v) is 5.80. The van der Waals surface area contributed by atoms with Gasteiger partial charge in [0, 0.05) is 12.8 Å². The minimum absolute atomic E-state index is 0.00819. The van der Waals surface area contributed by atoms with Crippen molar-refractivity contribution in [2.45, 2.75) is 62.4 Å². The van der Waals surface area contributed by atoms with E-state index in [1.54, 1.807) is 31.2 Å². The highest BCUT2D eigenvalue weighted by molar-refractivity contribution is 7.91. The van der Waals surface area contributed by atoms with Gasteiger partial charge in [0.2, 0.25) is 0 Å². The highest BCUT2D eigenvalue weighted by Gasteiger charge is 2.37. The molecule has 0 radical (unpaired) electrons. The van der Waals surface area contributed by atoms with E-state index in [0.29, 0.717) is 29.5 Å². The minimum atomic E-state index is -3.30. The number of hydrogen-bond donors (Lipinski definition) is 0. The van der Waals surface area contributed by atoms with Gasteiger partial charge in [-0.2, -0.15) is 0 Å². The zero-order valence-corrected chi connectivity index (χ0v) is 22.2. The Morgan fingerprint density at radius 3 is 2.16 bits per heavy atom. The summed E-state index contributed by atoms with van der Waals surface area (Å²) in [5, 5.41) is 0.0249. The fourth-order valence-electron chi connectivity index (χ4n) is 4.80.